The van der Waals surface area contributed by atoms with Crippen molar-refractivity contribution < 1.29 is 9.53 Å². The van der Waals surface area contributed by atoms with Gasteiger partial charge in [-0.05, 0) is 55.9 Å². The molecule has 0 heterocycles. The van der Waals surface area contributed by atoms with Crippen molar-refractivity contribution in [2.75, 3.05) is 6.61 Å². The Labute approximate surface area is 110 Å². The molecule has 1 saturated carbocycles. The summed E-state index contributed by atoms with van der Waals surface area (Å²) in [7, 11) is 0. The van der Waals surface area contributed by atoms with Gasteiger partial charge in [-0.1, -0.05) is 19.1 Å². The average Bonchev–Trinajstić information content (AvgIpc) is 2.36. The van der Waals surface area contributed by atoms with Gasteiger partial charge in [0.15, 0.2) is 5.78 Å². The van der Waals surface area contributed by atoms with Crippen LogP contribution in [0, 0.1) is 11.3 Å². The van der Waals surface area contributed by atoms with Crippen molar-refractivity contribution in [1.82, 2.24) is 0 Å². The first kappa shape index (κ1) is 13.4. The van der Waals surface area contributed by atoms with Crippen molar-refractivity contribution in [3.8, 4) is 0 Å². The molecular formula is C16H24O2. The van der Waals surface area contributed by atoms with Crippen LogP contribution in [0.2, 0.25) is 0 Å². The van der Waals surface area contributed by atoms with Crippen LogP contribution in [0.25, 0.3) is 0 Å². The lowest BCUT2D eigenvalue weighted by Gasteiger charge is -2.46. The van der Waals surface area contributed by atoms with E-state index in [1.54, 1.807) is 0 Å². The van der Waals surface area contributed by atoms with Crippen LogP contribution in [0.15, 0.2) is 24.5 Å². The van der Waals surface area contributed by atoms with Gasteiger partial charge in [-0.25, -0.2) is 0 Å². The lowest BCUT2D eigenvalue weighted by Crippen LogP contribution is -2.36. The van der Waals surface area contributed by atoms with Crippen molar-refractivity contribution in [2.45, 2.75) is 51.9 Å². The predicted octanol–water partition coefficient (Wildman–Crippen LogP) is 4.02. The lowest BCUT2D eigenvalue weighted by molar-refractivity contribution is -0.116. The summed E-state index contributed by atoms with van der Waals surface area (Å²) in [5.41, 5.74) is 1.69. The molecule has 2 rings (SSSR count). The molecule has 1 fully saturated rings. The van der Waals surface area contributed by atoms with Gasteiger partial charge < -0.3 is 4.74 Å². The van der Waals surface area contributed by atoms with Gasteiger partial charge in [-0.15, -0.1) is 0 Å². The molecule has 2 heteroatoms. The van der Waals surface area contributed by atoms with Crippen molar-refractivity contribution in [3.05, 3.63) is 24.5 Å². The monoisotopic (exact) mass is 248 g/mol. The Bertz CT molecular complexity index is 356. The van der Waals surface area contributed by atoms with E-state index in [1.807, 2.05) is 6.08 Å². The van der Waals surface area contributed by atoms with E-state index >= 15 is 0 Å². The zero-order valence-corrected chi connectivity index (χ0v) is 11.4. The minimum atomic E-state index is 0.278. The molecule has 2 aliphatic rings. The predicted molar refractivity (Wildman–Crippen MR) is 73.2 cm³/mol. The highest BCUT2D eigenvalue weighted by molar-refractivity contribution is 5.91. The van der Waals surface area contributed by atoms with Crippen LogP contribution in [-0.4, -0.2) is 12.4 Å². The third-order valence-electron chi connectivity index (χ3n) is 4.79. The number of carbonyl (C=O) groups excluding carboxylic acids is 1. The van der Waals surface area contributed by atoms with E-state index in [0.29, 0.717) is 5.78 Å². The van der Waals surface area contributed by atoms with Gasteiger partial charge in [0, 0.05) is 6.42 Å². The van der Waals surface area contributed by atoms with Crippen LogP contribution in [-0.2, 0) is 9.53 Å². The second-order valence-corrected chi connectivity index (χ2v) is 5.82. The molecule has 0 radical (unpaired) electrons. The minimum absolute atomic E-state index is 0.278. The summed E-state index contributed by atoms with van der Waals surface area (Å²) in [6, 6.07) is 0. The van der Waals surface area contributed by atoms with Gasteiger partial charge in [-0.2, -0.15) is 0 Å². The van der Waals surface area contributed by atoms with Crippen LogP contribution < -0.4 is 0 Å². The zero-order chi connectivity index (χ0) is 13.0. The highest BCUT2D eigenvalue weighted by Gasteiger charge is 2.41. The van der Waals surface area contributed by atoms with Crippen molar-refractivity contribution in [2.24, 2.45) is 11.3 Å². The maximum Gasteiger partial charge on any atom is 0.155 e. The summed E-state index contributed by atoms with van der Waals surface area (Å²) in [6.07, 6.45) is 11.2. The number of allylic oxidation sites excluding steroid dienone is 2. The molecule has 0 spiro atoms. The summed E-state index contributed by atoms with van der Waals surface area (Å²) >= 11 is 0. The highest BCUT2D eigenvalue weighted by Crippen LogP contribution is 2.51. The summed E-state index contributed by atoms with van der Waals surface area (Å²) in [4.78, 5) is 11.6. The SMILES string of the molecule is C=COCCC[C@H]1CCCC2=CC(=O)CC[C@@]21C. The number of ketones is 1. The molecule has 0 amide bonds. The number of fused-ring (bicyclic) bond motifs is 1. The number of rotatable bonds is 5. The summed E-state index contributed by atoms with van der Waals surface area (Å²) in [6.45, 7) is 6.70. The standard InChI is InChI=1S/C16H24O2/c1-3-18-11-5-8-13-6-4-7-14-12-15(17)9-10-16(13,14)2/h3,12-13H,1,4-11H2,2H3/t13-,16-/m1/s1. The first-order valence-electron chi connectivity index (χ1n) is 7.13. The van der Waals surface area contributed by atoms with Crippen molar-refractivity contribution in [1.29, 1.82) is 0 Å². The third-order valence-corrected chi connectivity index (χ3v) is 4.79. The molecule has 2 atom stereocenters. The normalized spacial score (nSPS) is 31.5. The Hall–Kier alpha value is -1.05. The topological polar surface area (TPSA) is 26.3 Å². The van der Waals surface area contributed by atoms with Crippen molar-refractivity contribution in [3.63, 3.8) is 0 Å². The third kappa shape index (κ3) is 2.68. The van der Waals surface area contributed by atoms with Crippen LogP contribution in [0.4, 0.5) is 0 Å². The molecule has 0 saturated heterocycles. The Morgan fingerprint density at radius 1 is 1.56 bits per heavy atom. The largest absolute Gasteiger partial charge is 0.502 e. The van der Waals surface area contributed by atoms with E-state index in [9.17, 15) is 4.79 Å². The number of ether oxygens (including phenoxy) is 1. The lowest BCUT2D eigenvalue weighted by atomic mass is 9.59. The summed E-state index contributed by atoms with van der Waals surface area (Å²) in [5, 5.41) is 0. The Morgan fingerprint density at radius 2 is 2.39 bits per heavy atom. The number of carbonyl (C=O) groups is 1. The summed E-state index contributed by atoms with van der Waals surface area (Å²) < 4.78 is 5.21. The maximum atomic E-state index is 11.6. The van der Waals surface area contributed by atoms with Crippen LogP contribution in [0.3, 0.4) is 0 Å². The molecule has 18 heavy (non-hydrogen) atoms. The second kappa shape index (κ2) is 5.73. The molecule has 0 aromatic carbocycles. The molecule has 0 bridgehead atoms. The van der Waals surface area contributed by atoms with E-state index in [2.05, 4.69) is 13.5 Å². The van der Waals surface area contributed by atoms with Gasteiger partial charge in [0.1, 0.15) is 0 Å². The van der Waals surface area contributed by atoms with E-state index in [-0.39, 0.29) is 5.41 Å². The fraction of sp³-hybridized carbons (Fsp3) is 0.688. The van der Waals surface area contributed by atoms with Gasteiger partial charge in [0.05, 0.1) is 12.9 Å². The average molecular weight is 248 g/mol. The van der Waals surface area contributed by atoms with Gasteiger partial charge >= 0.3 is 0 Å². The van der Waals surface area contributed by atoms with Crippen molar-refractivity contribution >= 4 is 5.78 Å². The van der Waals surface area contributed by atoms with E-state index in [4.69, 9.17) is 4.74 Å². The molecule has 0 aromatic rings. The van der Waals surface area contributed by atoms with Gasteiger partial charge in [0.25, 0.3) is 0 Å². The molecule has 2 nitrogen and oxygen atoms in total. The van der Waals surface area contributed by atoms with E-state index in [0.717, 1.165) is 38.2 Å². The fourth-order valence-corrected chi connectivity index (χ4v) is 3.62. The number of hydrogen-bond acceptors (Lipinski definition) is 2. The molecule has 0 unspecified atom stereocenters. The summed E-state index contributed by atoms with van der Waals surface area (Å²) in [5.74, 6) is 1.05. The Balaban J connectivity index is 2.00. The van der Waals surface area contributed by atoms with Gasteiger partial charge in [0.2, 0.25) is 0 Å². The molecule has 0 aromatic heterocycles. The van der Waals surface area contributed by atoms with Crippen LogP contribution in [0.5, 0.6) is 0 Å². The molecule has 2 aliphatic carbocycles. The quantitative estimate of drug-likeness (QED) is 0.542. The highest BCUT2D eigenvalue weighted by atomic mass is 16.5. The second-order valence-electron chi connectivity index (χ2n) is 5.82. The number of hydrogen-bond donors (Lipinski definition) is 0. The van der Waals surface area contributed by atoms with Crippen LogP contribution >= 0.6 is 0 Å². The smallest absolute Gasteiger partial charge is 0.155 e. The molecule has 100 valence electrons. The first-order chi connectivity index (χ1) is 8.66. The van der Waals surface area contributed by atoms with E-state index < -0.39 is 0 Å². The Kier molecular flexibility index (Phi) is 4.26. The fourth-order valence-electron chi connectivity index (χ4n) is 3.62. The molecule has 0 N–H and O–H groups in total. The van der Waals surface area contributed by atoms with Crippen LogP contribution in [0.1, 0.15) is 51.9 Å². The molecular weight excluding hydrogens is 224 g/mol. The minimum Gasteiger partial charge on any atom is -0.502 e. The maximum absolute atomic E-state index is 11.6. The zero-order valence-electron chi connectivity index (χ0n) is 11.4. The van der Waals surface area contributed by atoms with Gasteiger partial charge in [-0.3, -0.25) is 4.79 Å². The Morgan fingerprint density at radius 3 is 3.17 bits per heavy atom. The first-order valence-corrected chi connectivity index (χ1v) is 7.13. The van der Waals surface area contributed by atoms with E-state index in [1.165, 1.54) is 31.1 Å². The molecule has 0 aliphatic heterocycles.